The van der Waals surface area contributed by atoms with Crippen molar-refractivity contribution in [2.75, 3.05) is 19.7 Å². The van der Waals surface area contributed by atoms with E-state index in [0.717, 1.165) is 25.2 Å². The molecule has 1 amide bonds. The number of carbonyl (C=O) groups is 1. The van der Waals surface area contributed by atoms with Crippen molar-refractivity contribution in [1.82, 2.24) is 14.9 Å². The molecule has 1 fully saturated rings. The standard InChI is InChI=1S/C16H18FN3O2/c17-13-4-1-5-14(9-13)22-11-15(21)20-8-2-3-12(10-20)16-18-6-7-19-16/h1,4-7,9,12H,2-3,8,10-11H2,(H,18,19). The fourth-order valence-electron chi connectivity index (χ4n) is 2.72. The molecule has 1 unspecified atom stereocenters. The molecule has 2 heterocycles. The normalized spacial score (nSPS) is 18.2. The molecule has 22 heavy (non-hydrogen) atoms. The van der Waals surface area contributed by atoms with Crippen LogP contribution in [0, 0.1) is 5.82 Å². The van der Waals surface area contributed by atoms with Gasteiger partial charge in [0.15, 0.2) is 6.61 Å². The maximum Gasteiger partial charge on any atom is 0.260 e. The number of aromatic nitrogens is 2. The zero-order valence-electron chi connectivity index (χ0n) is 12.2. The zero-order chi connectivity index (χ0) is 15.4. The second-order valence-electron chi connectivity index (χ2n) is 5.40. The summed E-state index contributed by atoms with van der Waals surface area (Å²) < 4.78 is 18.4. The molecule has 116 valence electrons. The van der Waals surface area contributed by atoms with E-state index in [1.807, 2.05) is 0 Å². The molecular weight excluding hydrogens is 285 g/mol. The van der Waals surface area contributed by atoms with Gasteiger partial charge in [-0.3, -0.25) is 4.79 Å². The highest BCUT2D eigenvalue weighted by molar-refractivity contribution is 5.78. The van der Waals surface area contributed by atoms with Crippen LogP contribution in [0.15, 0.2) is 36.7 Å². The van der Waals surface area contributed by atoms with Crippen molar-refractivity contribution in [3.63, 3.8) is 0 Å². The molecule has 6 heteroatoms. The Kier molecular flexibility index (Phi) is 4.37. The number of hydrogen-bond acceptors (Lipinski definition) is 3. The minimum absolute atomic E-state index is 0.0751. The van der Waals surface area contributed by atoms with Crippen LogP contribution in [0.1, 0.15) is 24.6 Å². The van der Waals surface area contributed by atoms with Gasteiger partial charge in [0.25, 0.3) is 5.91 Å². The fraction of sp³-hybridized carbons (Fsp3) is 0.375. The number of likely N-dealkylation sites (tertiary alicyclic amines) is 1. The number of piperidine rings is 1. The summed E-state index contributed by atoms with van der Waals surface area (Å²) >= 11 is 0. The molecule has 0 bridgehead atoms. The first kappa shape index (κ1) is 14.6. The predicted octanol–water partition coefficient (Wildman–Crippen LogP) is 2.33. The Balaban J connectivity index is 1.55. The second kappa shape index (κ2) is 6.60. The largest absolute Gasteiger partial charge is 0.484 e. The van der Waals surface area contributed by atoms with E-state index in [2.05, 4.69) is 9.97 Å². The third-order valence-electron chi connectivity index (χ3n) is 3.84. The van der Waals surface area contributed by atoms with E-state index in [4.69, 9.17) is 4.74 Å². The number of amides is 1. The van der Waals surface area contributed by atoms with Gasteiger partial charge in [-0.2, -0.15) is 0 Å². The second-order valence-corrected chi connectivity index (χ2v) is 5.40. The van der Waals surface area contributed by atoms with E-state index in [0.29, 0.717) is 12.3 Å². The first-order valence-corrected chi connectivity index (χ1v) is 7.38. The SMILES string of the molecule is O=C(COc1cccc(F)c1)N1CCCC(c2ncc[nH]2)C1. The van der Waals surface area contributed by atoms with Crippen molar-refractivity contribution in [3.05, 3.63) is 48.3 Å². The molecule has 5 nitrogen and oxygen atoms in total. The van der Waals surface area contributed by atoms with E-state index < -0.39 is 0 Å². The Hall–Kier alpha value is -2.37. The third kappa shape index (κ3) is 3.44. The minimum atomic E-state index is -0.374. The van der Waals surface area contributed by atoms with Gasteiger partial charge in [-0.05, 0) is 25.0 Å². The smallest absolute Gasteiger partial charge is 0.260 e. The first-order chi connectivity index (χ1) is 10.7. The molecular formula is C16H18FN3O2. The van der Waals surface area contributed by atoms with Gasteiger partial charge in [0.1, 0.15) is 17.4 Å². The predicted molar refractivity (Wildman–Crippen MR) is 79.0 cm³/mol. The molecule has 0 saturated carbocycles. The summed E-state index contributed by atoms with van der Waals surface area (Å²) in [5.41, 5.74) is 0. The van der Waals surface area contributed by atoms with Crippen molar-refractivity contribution in [2.24, 2.45) is 0 Å². The van der Waals surface area contributed by atoms with Crippen LogP contribution in [-0.4, -0.2) is 40.5 Å². The average molecular weight is 303 g/mol. The van der Waals surface area contributed by atoms with Gasteiger partial charge in [-0.1, -0.05) is 6.07 Å². The molecule has 1 saturated heterocycles. The van der Waals surface area contributed by atoms with Gasteiger partial charge < -0.3 is 14.6 Å². The number of H-pyrrole nitrogens is 1. The summed E-state index contributed by atoms with van der Waals surface area (Å²) in [7, 11) is 0. The number of halogens is 1. The fourth-order valence-corrected chi connectivity index (χ4v) is 2.72. The summed E-state index contributed by atoms with van der Waals surface area (Å²) in [5, 5.41) is 0. The van der Waals surface area contributed by atoms with Crippen molar-refractivity contribution in [3.8, 4) is 5.75 Å². The van der Waals surface area contributed by atoms with Gasteiger partial charge in [-0.25, -0.2) is 9.37 Å². The third-order valence-corrected chi connectivity index (χ3v) is 3.84. The van der Waals surface area contributed by atoms with E-state index in [-0.39, 0.29) is 24.2 Å². The van der Waals surface area contributed by atoms with E-state index in [1.54, 1.807) is 29.4 Å². The van der Waals surface area contributed by atoms with Gasteiger partial charge in [0.2, 0.25) is 0 Å². The van der Waals surface area contributed by atoms with Crippen LogP contribution in [0.3, 0.4) is 0 Å². The first-order valence-electron chi connectivity index (χ1n) is 7.38. The number of nitrogens with zero attached hydrogens (tertiary/aromatic N) is 2. The molecule has 0 spiro atoms. The number of rotatable bonds is 4. The lowest BCUT2D eigenvalue weighted by molar-refractivity contribution is -0.134. The van der Waals surface area contributed by atoms with Crippen LogP contribution < -0.4 is 4.74 Å². The molecule has 1 aromatic carbocycles. The van der Waals surface area contributed by atoms with Gasteiger partial charge in [0, 0.05) is 37.5 Å². The Morgan fingerprint density at radius 1 is 1.50 bits per heavy atom. The molecule has 1 aliphatic rings. The topological polar surface area (TPSA) is 58.2 Å². The molecule has 0 aliphatic carbocycles. The summed E-state index contributed by atoms with van der Waals surface area (Å²) in [5.74, 6) is 1.07. The number of ether oxygens (including phenoxy) is 1. The molecule has 3 rings (SSSR count). The zero-order valence-corrected chi connectivity index (χ0v) is 12.2. The summed E-state index contributed by atoms with van der Waals surface area (Å²) in [4.78, 5) is 21.4. The lowest BCUT2D eigenvalue weighted by atomic mass is 9.97. The lowest BCUT2D eigenvalue weighted by Crippen LogP contribution is -2.41. The van der Waals surface area contributed by atoms with Gasteiger partial charge in [-0.15, -0.1) is 0 Å². The molecule has 2 aromatic rings. The molecule has 1 atom stereocenters. The van der Waals surface area contributed by atoms with Crippen LogP contribution in [0.25, 0.3) is 0 Å². The van der Waals surface area contributed by atoms with E-state index >= 15 is 0 Å². The Bertz CT molecular complexity index is 630. The van der Waals surface area contributed by atoms with Crippen molar-refractivity contribution < 1.29 is 13.9 Å². The van der Waals surface area contributed by atoms with Crippen molar-refractivity contribution >= 4 is 5.91 Å². The Morgan fingerprint density at radius 3 is 3.18 bits per heavy atom. The van der Waals surface area contributed by atoms with Crippen LogP contribution in [0.4, 0.5) is 4.39 Å². The van der Waals surface area contributed by atoms with Gasteiger partial charge in [0.05, 0.1) is 0 Å². The average Bonchev–Trinajstić information content (AvgIpc) is 3.07. The quantitative estimate of drug-likeness (QED) is 0.943. The van der Waals surface area contributed by atoms with Crippen LogP contribution >= 0.6 is 0 Å². The van der Waals surface area contributed by atoms with Crippen LogP contribution in [0.2, 0.25) is 0 Å². The van der Waals surface area contributed by atoms with Crippen LogP contribution in [0.5, 0.6) is 5.75 Å². The van der Waals surface area contributed by atoms with Gasteiger partial charge >= 0.3 is 0 Å². The maximum absolute atomic E-state index is 13.1. The molecule has 0 radical (unpaired) electrons. The minimum Gasteiger partial charge on any atom is -0.484 e. The lowest BCUT2D eigenvalue weighted by Gasteiger charge is -2.31. The summed E-state index contributed by atoms with van der Waals surface area (Å²) in [6.07, 6.45) is 5.48. The summed E-state index contributed by atoms with van der Waals surface area (Å²) in [6.45, 7) is 1.29. The molecule has 1 aromatic heterocycles. The number of nitrogens with one attached hydrogen (secondary N) is 1. The number of hydrogen-bond donors (Lipinski definition) is 1. The number of benzene rings is 1. The van der Waals surface area contributed by atoms with Crippen molar-refractivity contribution in [2.45, 2.75) is 18.8 Å². The van der Waals surface area contributed by atoms with E-state index in [1.165, 1.54) is 12.1 Å². The molecule has 1 aliphatic heterocycles. The summed E-state index contributed by atoms with van der Waals surface area (Å²) in [6, 6.07) is 5.81. The highest BCUT2D eigenvalue weighted by atomic mass is 19.1. The Labute approximate surface area is 128 Å². The number of imidazole rings is 1. The number of aromatic amines is 1. The van der Waals surface area contributed by atoms with Crippen LogP contribution in [-0.2, 0) is 4.79 Å². The van der Waals surface area contributed by atoms with Crippen molar-refractivity contribution in [1.29, 1.82) is 0 Å². The number of carbonyl (C=O) groups excluding carboxylic acids is 1. The molecule has 1 N–H and O–H groups in total. The Morgan fingerprint density at radius 2 is 2.41 bits per heavy atom. The highest BCUT2D eigenvalue weighted by Crippen LogP contribution is 2.24. The van der Waals surface area contributed by atoms with E-state index in [9.17, 15) is 9.18 Å². The maximum atomic E-state index is 13.1. The monoisotopic (exact) mass is 303 g/mol. The highest BCUT2D eigenvalue weighted by Gasteiger charge is 2.26.